The van der Waals surface area contributed by atoms with E-state index in [1.165, 1.54) is 15.9 Å². The fourth-order valence-corrected chi connectivity index (χ4v) is 3.91. The first-order valence-electron chi connectivity index (χ1n) is 7.50. The summed E-state index contributed by atoms with van der Waals surface area (Å²) in [7, 11) is 1.61. The van der Waals surface area contributed by atoms with Crippen molar-refractivity contribution in [1.82, 2.24) is 14.6 Å². The van der Waals surface area contributed by atoms with Crippen LogP contribution in [0.5, 0.6) is 5.75 Å². The Morgan fingerprint density at radius 3 is 2.80 bits per heavy atom. The highest BCUT2D eigenvalue weighted by Gasteiger charge is 2.09. The molecule has 3 heterocycles. The summed E-state index contributed by atoms with van der Waals surface area (Å²) in [4.78, 5) is 18.7. The molecule has 124 valence electrons. The van der Waals surface area contributed by atoms with Crippen LogP contribution in [0.2, 0.25) is 0 Å². The van der Waals surface area contributed by atoms with Gasteiger partial charge in [0, 0.05) is 10.4 Å². The third-order valence-electron chi connectivity index (χ3n) is 3.56. The van der Waals surface area contributed by atoms with Crippen molar-refractivity contribution < 1.29 is 4.74 Å². The average Bonchev–Trinajstić information content (AvgIpc) is 3.33. The normalized spacial score (nSPS) is 12.4. The number of nitrogens with zero attached hydrogens (tertiary/aromatic N) is 3. The van der Waals surface area contributed by atoms with Gasteiger partial charge in [-0.3, -0.25) is 4.79 Å². The highest BCUT2D eigenvalue weighted by Crippen LogP contribution is 2.18. The Kier molecular flexibility index (Phi) is 4.17. The van der Waals surface area contributed by atoms with Gasteiger partial charge in [0.25, 0.3) is 5.56 Å². The van der Waals surface area contributed by atoms with Crippen LogP contribution in [-0.4, -0.2) is 21.7 Å². The second-order valence-corrected chi connectivity index (χ2v) is 7.16. The van der Waals surface area contributed by atoms with Crippen LogP contribution in [0.25, 0.3) is 23.2 Å². The minimum absolute atomic E-state index is 0.172. The van der Waals surface area contributed by atoms with E-state index in [1.54, 1.807) is 18.4 Å². The Balaban J connectivity index is 1.73. The van der Waals surface area contributed by atoms with E-state index in [9.17, 15) is 4.79 Å². The van der Waals surface area contributed by atoms with Gasteiger partial charge in [-0.15, -0.1) is 16.4 Å². The van der Waals surface area contributed by atoms with Crippen LogP contribution >= 0.6 is 22.7 Å². The molecular formula is C18H13N3O2S2. The number of para-hydroxylation sites is 1. The molecule has 0 radical (unpaired) electrons. The minimum Gasteiger partial charge on any atom is -0.496 e. The summed E-state index contributed by atoms with van der Waals surface area (Å²) < 4.78 is 7.25. The topological polar surface area (TPSA) is 56.5 Å². The first-order valence-corrected chi connectivity index (χ1v) is 9.20. The third kappa shape index (κ3) is 3.11. The molecule has 0 saturated heterocycles. The molecule has 0 fully saturated rings. The van der Waals surface area contributed by atoms with E-state index >= 15 is 0 Å². The zero-order valence-corrected chi connectivity index (χ0v) is 14.9. The molecule has 0 spiro atoms. The van der Waals surface area contributed by atoms with E-state index < -0.39 is 0 Å². The number of hydrogen-bond donors (Lipinski definition) is 0. The SMILES string of the molecule is COc1ccccc1C=c1sc2nc(C=Cc3cccs3)nn2c1=O. The number of thiophene rings is 1. The zero-order valence-electron chi connectivity index (χ0n) is 13.2. The van der Waals surface area contributed by atoms with Crippen LogP contribution in [0.1, 0.15) is 16.3 Å². The number of methoxy groups -OCH3 is 1. The lowest BCUT2D eigenvalue weighted by Crippen LogP contribution is -2.23. The number of benzene rings is 1. The lowest BCUT2D eigenvalue weighted by atomic mass is 10.2. The van der Waals surface area contributed by atoms with Crippen molar-refractivity contribution in [3.05, 3.63) is 72.9 Å². The maximum Gasteiger partial charge on any atom is 0.291 e. The molecule has 1 aromatic carbocycles. The lowest BCUT2D eigenvalue weighted by Gasteiger charge is -2.02. The molecule has 25 heavy (non-hydrogen) atoms. The quantitative estimate of drug-likeness (QED) is 0.556. The Labute approximate surface area is 151 Å². The van der Waals surface area contributed by atoms with Gasteiger partial charge in [-0.1, -0.05) is 35.6 Å². The first-order chi connectivity index (χ1) is 12.2. The predicted octanol–water partition coefficient (Wildman–Crippen LogP) is 2.94. The summed E-state index contributed by atoms with van der Waals surface area (Å²) in [6, 6.07) is 11.6. The van der Waals surface area contributed by atoms with Gasteiger partial charge in [0.15, 0.2) is 5.82 Å². The second-order valence-electron chi connectivity index (χ2n) is 5.17. The van der Waals surface area contributed by atoms with E-state index in [0.29, 0.717) is 15.3 Å². The molecular weight excluding hydrogens is 354 g/mol. The number of rotatable bonds is 4. The van der Waals surface area contributed by atoms with Gasteiger partial charge in [-0.05, 0) is 35.7 Å². The highest BCUT2D eigenvalue weighted by molar-refractivity contribution is 7.15. The number of hydrogen-bond acceptors (Lipinski definition) is 6. The zero-order chi connectivity index (χ0) is 17.2. The van der Waals surface area contributed by atoms with E-state index in [4.69, 9.17) is 4.74 Å². The van der Waals surface area contributed by atoms with Gasteiger partial charge >= 0.3 is 0 Å². The van der Waals surface area contributed by atoms with Gasteiger partial charge in [0.2, 0.25) is 4.96 Å². The summed E-state index contributed by atoms with van der Waals surface area (Å²) >= 11 is 2.95. The molecule has 0 N–H and O–H groups in total. The number of ether oxygens (including phenoxy) is 1. The van der Waals surface area contributed by atoms with Crippen LogP contribution in [0.4, 0.5) is 0 Å². The summed E-state index contributed by atoms with van der Waals surface area (Å²) in [6.45, 7) is 0. The van der Waals surface area contributed by atoms with Crippen LogP contribution < -0.4 is 14.8 Å². The molecule has 0 atom stereocenters. The van der Waals surface area contributed by atoms with E-state index in [-0.39, 0.29) is 5.56 Å². The smallest absolute Gasteiger partial charge is 0.291 e. The number of aromatic nitrogens is 3. The van der Waals surface area contributed by atoms with Crippen LogP contribution in [-0.2, 0) is 0 Å². The fraction of sp³-hybridized carbons (Fsp3) is 0.0556. The maximum absolute atomic E-state index is 12.6. The molecule has 7 heteroatoms. The molecule has 0 unspecified atom stereocenters. The van der Waals surface area contributed by atoms with Crippen molar-refractivity contribution in [2.75, 3.05) is 7.11 Å². The molecule has 5 nitrogen and oxygen atoms in total. The highest BCUT2D eigenvalue weighted by atomic mass is 32.1. The molecule has 0 bridgehead atoms. The van der Waals surface area contributed by atoms with Gasteiger partial charge in [-0.2, -0.15) is 9.50 Å². The van der Waals surface area contributed by atoms with Crippen LogP contribution in [0, 0.1) is 0 Å². The van der Waals surface area contributed by atoms with Crippen molar-refractivity contribution in [2.24, 2.45) is 0 Å². The summed E-state index contributed by atoms with van der Waals surface area (Å²) in [5.74, 6) is 1.25. The summed E-state index contributed by atoms with van der Waals surface area (Å²) in [5, 5.41) is 6.30. The van der Waals surface area contributed by atoms with Crippen molar-refractivity contribution >= 4 is 45.9 Å². The van der Waals surface area contributed by atoms with E-state index in [2.05, 4.69) is 10.1 Å². The third-order valence-corrected chi connectivity index (χ3v) is 5.36. The number of thiazole rings is 1. The first kappa shape index (κ1) is 15.7. The van der Waals surface area contributed by atoms with Crippen molar-refractivity contribution in [3.63, 3.8) is 0 Å². The van der Waals surface area contributed by atoms with Gasteiger partial charge < -0.3 is 4.74 Å². The molecule has 4 aromatic rings. The summed E-state index contributed by atoms with van der Waals surface area (Å²) in [6.07, 6.45) is 5.56. The predicted molar refractivity (Wildman–Crippen MR) is 102 cm³/mol. The Bertz CT molecular complexity index is 1160. The van der Waals surface area contributed by atoms with E-state index in [1.807, 2.05) is 60.0 Å². The monoisotopic (exact) mass is 367 g/mol. The van der Waals surface area contributed by atoms with Crippen LogP contribution in [0.15, 0.2) is 46.6 Å². The van der Waals surface area contributed by atoms with Crippen molar-refractivity contribution in [1.29, 1.82) is 0 Å². The van der Waals surface area contributed by atoms with Gasteiger partial charge in [0.1, 0.15) is 5.75 Å². The molecule has 0 amide bonds. The largest absolute Gasteiger partial charge is 0.496 e. The molecule has 4 rings (SSSR count). The van der Waals surface area contributed by atoms with Crippen molar-refractivity contribution in [2.45, 2.75) is 0 Å². The maximum atomic E-state index is 12.6. The molecule has 0 aliphatic carbocycles. The Hall–Kier alpha value is -2.77. The van der Waals surface area contributed by atoms with Crippen LogP contribution in [0.3, 0.4) is 0 Å². The molecule has 0 aliphatic rings. The van der Waals surface area contributed by atoms with Gasteiger partial charge in [-0.25, -0.2) is 0 Å². The lowest BCUT2D eigenvalue weighted by molar-refractivity contribution is 0.414. The Morgan fingerprint density at radius 2 is 2.04 bits per heavy atom. The van der Waals surface area contributed by atoms with Gasteiger partial charge in [0.05, 0.1) is 11.6 Å². The average molecular weight is 367 g/mol. The molecule has 0 saturated carbocycles. The second kappa shape index (κ2) is 6.62. The standard InChI is InChI=1S/C18H13N3O2S2/c1-23-14-7-3-2-5-12(14)11-15-17(22)21-18(25-15)19-16(20-21)9-8-13-6-4-10-24-13/h2-11H,1H3. The molecule has 0 aliphatic heterocycles. The fourth-order valence-electron chi connectivity index (χ4n) is 2.39. The summed E-state index contributed by atoms with van der Waals surface area (Å²) in [5.41, 5.74) is 0.679. The molecule has 3 aromatic heterocycles. The van der Waals surface area contributed by atoms with E-state index in [0.717, 1.165) is 16.2 Å². The minimum atomic E-state index is -0.172. The Morgan fingerprint density at radius 1 is 1.16 bits per heavy atom. The number of fused-ring (bicyclic) bond motifs is 1. The van der Waals surface area contributed by atoms with Crippen molar-refractivity contribution in [3.8, 4) is 5.75 Å².